The first kappa shape index (κ1) is 11.9. The van der Waals surface area contributed by atoms with Crippen LogP contribution < -0.4 is 0 Å². The molecule has 0 N–H and O–H groups in total. The highest BCUT2D eigenvalue weighted by Crippen LogP contribution is 2.25. The van der Waals surface area contributed by atoms with Crippen molar-refractivity contribution in [2.24, 2.45) is 0 Å². The molecule has 0 aliphatic rings. The van der Waals surface area contributed by atoms with E-state index in [0.717, 1.165) is 6.92 Å². The lowest BCUT2D eigenvalue weighted by Crippen LogP contribution is -1.89. The maximum Gasteiger partial charge on any atom is 0.194 e. The number of hydrogen-bond donors (Lipinski definition) is 0. The van der Waals surface area contributed by atoms with E-state index in [9.17, 15) is 22.0 Å². The van der Waals surface area contributed by atoms with E-state index in [2.05, 4.69) is 6.58 Å². The topological polar surface area (TPSA) is 0 Å². The summed E-state index contributed by atoms with van der Waals surface area (Å²) in [7, 11) is 0. The molecule has 0 saturated heterocycles. The van der Waals surface area contributed by atoms with E-state index in [4.69, 9.17) is 0 Å². The van der Waals surface area contributed by atoms with E-state index in [-0.39, 0.29) is 0 Å². The Hall–Kier alpha value is -1.13. The normalized spacial score (nSPS) is 14.9. The fourth-order valence-electron chi connectivity index (χ4n) is 0.503. The van der Waals surface area contributed by atoms with E-state index in [1.165, 1.54) is 0 Å². The van der Waals surface area contributed by atoms with Crippen molar-refractivity contribution in [2.45, 2.75) is 6.92 Å². The Morgan fingerprint density at radius 3 is 1.85 bits per heavy atom. The molecule has 13 heavy (non-hydrogen) atoms. The van der Waals surface area contributed by atoms with Crippen LogP contribution in [0.3, 0.4) is 0 Å². The summed E-state index contributed by atoms with van der Waals surface area (Å²) in [5.41, 5.74) is -0.904. The van der Waals surface area contributed by atoms with Gasteiger partial charge in [0, 0.05) is 5.57 Å². The van der Waals surface area contributed by atoms with Crippen molar-refractivity contribution in [3.8, 4) is 0 Å². The van der Waals surface area contributed by atoms with Gasteiger partial charge < -0.3 is 0 Å². The van der Waals surface area contributed by atoms with Crippen molar-refractivity contribution >= 4 is 0 Å². The first-order valence-electron chi connectivity index (χ1n) is 3.23. The predicted octanol–water partition coefficient (Wildman–Crippen LogP) is 3.83. The molecule has 74 valence electrons. The van der Waals surface area contributed by atoms with Crippen LogP contribution >= 0.6 is 0 Å². The van der Waals surface area contributed by atoms with E-state index in [1.54, 1.807) is 0 Å². The molecular formula is C8H7F5. The van der Waals surface area contributed by atoms with E-state index >= 15 is 0 Å². The second kappa shape index (κ2) is 4.79. The standard InChI is InChI=1S/C8H7F5/c1-4(6(11)3-9)7(12)8(13)5(2)10/h2-3H2,1H3/b6-4+,8-7-. The molecular weight excluding hydrogens is 191 g/mol. The summed E-state index contributed by atoms with van der Waals surface area (Å²) in [5.74, 6) is -6.83. The highest BCUT2D eigenvalue weighted by molar-refractivity contribution is 5.34. The lowest BCUT2D eigenvalue weighted by atomic mass is 10.2. The van der Waals surface area contributed by atoms with Crippen LogP contribution in [0.2, 0.25) is 0 Å². The first-order valence-corrected chi connectivity index (χ1v) is 3.23. The number of hydrogen-bond acceptors (Lipinski definition) is 0. The van der Waals surface area contributed by atoms with Crippen molar-refractivity contribution in [3.63, 3.8) is 0 Å². The molecule has 0 fully saturated rings. The largest absolute Gasteiger partial charge is 0.243 e. The summed E-state index contributed by atoms with van der Waals surface area (Å²) in [6.45, 7) is 1.70. The fraction of sp³-hybridized carbons (Fsp3) is 0.250. The van der Waals surface area contributed by atoms with Crippen LogP contribution in [0.1, 0.15) is 6.92 Å². The number of allylic oxidation sites excluding steroid dienone is 5. The third kappa shape index (κ3) is 3.01. The maximum atomic E-state index is 12.6. The van der Waals surface area contributed by atoms with E-state index in [1.807, 2.05) is 0 Å². The van der Waals surface area contributed by atoms with Gasteiger partial charge in [-0.2, -0.15) is 0 Å². The van der Waals surface area contributed by atoms with Crippen molar-refractivity contribution in [2.75, 3.05) is 6.67 Å². The summed E-state index contributed by atoms with van der Waals surface area (Å²) in [5, 5.41) is 0. The highest BCUT2D eigenvalue weighted by Gasteiger charge is 2.14. The third-order valence-electron chi connectivity index (χ3n) is 1.28. The average molecular weight is 198 g/mol. The Bertz CT molecular complexity index is 274. The van der Waals surface area contributed by atoms with Crippen molar-refractivity contribution in [1.29, 1.82) is 0 Å². The van der Waals surface area contributed by atoms with Gasteiger partial charge in [-0.3, -0.25) is 0 Å². The second-order valence-corrected chi connectivity index (χ2v) is 2.20. The van der Waals surface area contributed by atoms with Gasteiger partial charge in [0.2, 0.25) is 0 Å². The Morgan fingerprint density at radius 1 is 1.08 bits per heavy atom. The molecule has 0 heterocycles. The van der Waals surface area contributed by atoms with Crippen LogP contribution in [0, 0.1) is 0 Å². The summed E-state index contributed by atoms with van der Waals surface area (Å²) in [6, 6.07) is 0. The summed E-state index contributed by atoms with van der Waals surface area (Å²) >= 11 is 0. The maximum absolute atomic E-state index is 12.6. The fourth-order valence-corrected chi connectivity index (χ4v) is 0.503. The predicted molar refractivity (Wildman–Crippen MR) is 39.3 cm³/mol. The molecule has 0 unspecified atom stereocenters. The van der Waals surface area contributed by atoms with Crippen LogP contribution in [-0.4, -0.2) is 6.67 Å². The Morgan fingerprint density at radius 2 is 1.54 bits per heavy atom. The quantitative estimate of drug-likeness (QED) is 0.477. The van der Waals surface area contributed by atoms with Crippen LogP contribution in [-0.2, 0) is 0 Å². The minimum absolute atomic E-state index is 0.798. The molecule has 0 aliphatic heterocycles. The number of halogens is 5. The molecule has 0 saturated carbocycles. The Balaban J connectivity index is 5.10. The molecule has 5 heteroatoms. The zero-order chi connectivity index (χ0) is 10.6. The van der Waals surface area contributed by atoms with Crippen LogP contribution in [0.4, 0.5) is 22.0 Å². The molecule has 0 nitrogen and oxygen atoms in total. The number of alkyl halides is 1. The smallest absolute Gasteiger partial charge is 0.194 e. The van der Waals surface area contributed by atoms with Gasteiger partial charge in [-0.25, -0.2) is 22.0 Å². The zero-order valence-corrected chi connectivity index (χ0v) is 6.80. The highest BCUT2D eigenvalue weighted by atomic mass is 19.2. The molecule has 0 aliphatic carbocycles. The minimum Gasteiger partial charge on any atom is -0.243 e. The molecule has 0 radical (unpaired) electrons. The molecule has 0 rings (SSSR count). The van der Waals surface area contributed by atoms with Gasteiger partial charge in [0.15, 0.2) is 17.5 Å². The zero-order valence-electron chi connectivity index (χ0n) is 6.80. The lowest BCUT2D eigenvalue weighted by molar-refractivity contribution is 0.444. The molecule has 0 aromatic carbocycles. The summed E-state index contributed by atoms with van der Waals surface area (Å²) < 4.78 is 60.9. The van der Waals surface area contributed by atoms with Gasteiger partial charge in [-0.05, 0) is 6.92 Å². The third-order valence-corrected chi connectivity index (χ3v) is 1.28. The molecule has 0 amide bonds. The average Bonchev–Trinajstić information content (AvgIpc) is 2.12. The molecule has 0 bridgehead atoms. The molecule has 0 atom stereocenters. The van der Waals surface area contributed by atoms with Crippen LogP contribution in [0.5, 0.6) is 0 Å². The minimum atomic E-state index is -1.92. The van der Waals surface area contributed by atoms with E-state index < -0.39 is 35.6 Å². The van der Waals surface area contributed by atoms with Crippen LogP contribution in [0.25, 0.3) is 0 Å². The summed E-state index contributed by atoms with van der Waals surface area (Å²) in [6.07, 6.45) is 0. The Labute approximate surface area is 72.1 Å². The van der Waals surface area contributed by atoms with E-state index in [0.29, 0.717) is 0 Å². The molecule has 0 aromatic heterocycles. The van der Waals surface area contributed by atoms with Gasteiger partial charge in [0.1, 0.15) is 12.5 Å². The summed E-state index contributed by atoms with van der Waals surface area (Å²) in [4.78, 5) is 0. The Kier molecular flexibility index (Phi) is 4.37. The molecule has 0 spiro atoms. The van der Waals surface area contributed by atoms with Crippen LogP contribution in [0.15, 0.2) is 35.5 Å². The second-order valence-electron chi connectivity index (χ2n) is 2.20. The van der Waals surface area contributed by atoms with Gasteiger partial charge in [0.05, 0.1) is 0 Å². The van der Waals surface area contributed by atoms with Crippen molar-refractivity contribution < 1.29 is 22.0 Å². The molecule has 0 aromatic rings. The first-order chi connectivity index (χ1) is 5.91. The van der Waals surface area contributed by atoms with Crippen molar-refractivity contribution in [1.82, 2.24) is 0 Å². The van der Waals surface area contributed by atoms with Crippen molar-refractivity contribution in [3.05, 3.63) is 35.5 Å². The monoisotopic (exact) mass is 198 g/mol. The van der Waals surface area contributed by atoms with Gasteiger partial charge in [-0.15, -0.1) is 0 Å². The van der Waals surface area contributed by atoms with Gasteiger partial charge >= 0.3 is 0 Å². The lowest BCUT2D eigenvalue weighted by Gasteiger charge is -1.99. The number of rotatable bonds is 3. The van der Waals surface area contributed by atoms with Gasteiger partial charge in [0.25, 0.3) is 0 Å². The SMILES string of the molecule is C=C(F)/C(F)=C(F)\C(C)=C(\F)CF. The van der Waals surface area contributed by atoms with Gasteiger partial charge in [-0.1, -0.05) is 6.58 Å².